The van der Waals surface area contributed by atoms with Gasteiger partial charge in [-0.3, -0.25) is 0 Å². The van der Waals surface area contributed by atoms with E-state index in [-0.39, 0.29) is 0 Å². The van der Waals surface area contributed by atoms with Crippen molar-refractivity contribution < 1.29 is 4.74 Å². The number of fused-ring (bicyclic) bond motifs is 2. The summed E-state index contributed by atoms with van der Waals surface area (Å²) >= 11 is 0. The second kappa shape index (κ2) is 8.64. The Labute approximate surface area is 182 Å². The third kappa shape index (κ3) is 4.04. The molecule has 5 rings (SSSR count). The zero-order valence-corrected chi connectivity index (χ0v) is 17.7. The number of nitrogens with one attached hydrogen (secondary N) is 1. The number of nitrogens with zero attached hydrogens (tertiary/aromatic N) is 3. The highest BCUT2D eigenvalue weighted by molar-refractivity contribution is 5.90. The molecule has 1 aromatic heterocycles. The van der Waals surface area contributed by atoms with E-state index in [9.17, 15) is 0 Å². The summed E-state index contributed by atoms with van der Waals surface area (Å²) in [6.45, 7) is 2.85. The van der Waals surface area contributed by atoms with Gasteiger partial charge in [0.1, 0.15) is 11.6 Å². The van der Waals surface area contributed by atoms with Gasteiger partial charge < -0.3 is 15.0 Å². The number of aromatic nitrogens is 2. The molecular formula is C26H26N4O. The van der Waals surface area contributed by atoms with E-state index in [4.69, 9.17) is 14.7 Å². The van der Waals surface area contributed by atoms with Crippen molar-refractivity contribution in [2.24, 2.45) is 0 Å². The molecule has 31 heavy (non-hydrogen) atoms. The van der Waals surface area contributed by atoms with Crippen molar-refractivity contribution in [3.8, 4) is 17.1 Å². The zero-order valence-electron chi connectivity index (χ0n) is 17.7. The second-order valence-corrected chi connectivity index (χ2v) is 7.79. The number of methoxy groups -OCH3 is 1. The van der Waals surface area contributed by atoms with Gasteiger partial charge in [0.15, 0.2) is 5.82 Å². The summed E-state index contributed by atoms with van der Waals surface area (Å²) in [7, 11) is 1.67. The lowest BCUT2D eigenvalue weighted by atomic mass is 10.0. The number of benzene rings is 3. The van der Waals surface area contributed by atoms with Crippen molar-refractivity contribution in [3.63, 3.8) is 0 Å². The van der Waals surface area contributed by atoms with Crippen LogP contribution in [0.5, 0.6) is 5.75 Å². The molecule has 5 heteroatoms. The minimum atomic E-state index is 0.715. The summed E-state index contributed by atoms with van der Waals surface area (Å²) < 4.78 is 5.28. The lowest BCUT2D eigenvalue weighted by Crippen LogP contribution is -2.33. The van der Waals surface area contributed by atoms with Crippen LogP contribution in [0.4, 0.5) is 11.5 Å². The first kappa shape index (κ1) is 19.4. The molecule has 0 atom stereocenters. The van der Waals surface area contributed by atoms with Crippen LogP contribution in [0.25, 0.3) is 22.3 Å². The lowest BCUT2D eigenvalue weighted by Gasteiger charge is -2.31. The van der Waals surface area contributed by atoms with Gasteiger partial charge in [-0.05, 0) is 60.9 Å². The van der Waals surface area contributed by atoms with Crippen molar-refractivity contribution in [1.82, 2.24) is 9.97 Å². The molecule has 1 aliphatic heterocycles. The monoisotopic (exact) mass is 410 g/mol. The van der Waals surface area contributed by atoms with Crippen LogP contribution in [0.3, 0.4) is 0 Å². The first-order valence-corrected chi connectivity index (χ1v) is 10.8. The van der Waals surface area contributed by atoms with Crippen molar-refractivity contribution >= 4 is 22.4 Å². The molecule has 156 valence electrons. The summed E-state index contributed by atoms with van der Waals surface area (Å²) in [5.41, 5.74) is 4.72. The molecule has 3 aromatic carbocycles. The van der Waals surface area contributed by atoms with Gasteiger partial charge in [-0.1, -0.05) is 30.3 Å². The molecule has 0 unspecified atom stereocenters. The number of aryl methyl sites for hydroxylation is 1. The summed E-state index contributed by atoms with van der Waals surface area (Å²) in [5.74, 6) is 2.42. The first-order chi connectivity index (χ1) is 15.3. The Bertz CT molecular complexity index is 1190. The molecule has 0 bridgehead atoms. The quantitative estimate of drug-likeness (QED) is 0.475. The third-order valence-electron chi connectivity index (χ3n) is 5.83. The predicted molar refractivity (Wildman–Crippen MR) is 127 cm³/mol. The Kier molecular flexibility index (Phi) is 5.40. The minimum Gasteiger partial charge on any atom is -0.497 e. The number of ether oxygens (including phenoxy) is 1. The fourth-order valence-electron chi connectivity index (χ4n) is 4.23. The molecule has 0 aliphatic carbocycles. The minimum absolute atomic E-state index is 0.715. The number of hydrogen-bond donors (Lipinski definition) is 1. The Morgan fingerprint density at radius 1 is 0.935 bits per heavy atom. The van der Waals surface area contributed by atoms with Crippen LogP contribution in [-0.4, -0.2) is 36.7 Å². The molecule has 0 spiro atoms. The number of anilines is 2. The first-order valence-electron chi connectivity index (χ1n) is 10.8. The van der Waals surface area contributed by atoms with Crippen LogP contribution in [0.2, 0.25) is 0 Å². The molecule has 4 aromatic rings. The molecular weight excluding hydrogens is 384 g/mol. The summed E-state index contributed by atoms with van der Waals surface area (Å²) in [6.07, 6.45) is 2.37. The predicted octanol–water partition coefficient (Wildman–Crippen LogP) is 5.17. The van der Waals surface area contributed by atoms with Gasteiger partial charge in [0.25, 0.3) is 0 Å². The summed E-state index contributed by atoms with van der Waals surface area (Å²) in [4.78, 5) is 12.1. The Balaban J connectivity index is 1.39. The lowest BCUT2D eigenvalue weighted by molar-refractivity contribution is 0.415. The van der Waals surface area contributed by atoms with E-state index in [0.717, 1.165) is 47.7 Å². The molecule has 0 fully saturated rings. The van der Waals surface area contributed by atoms with E-state index in [0.29, 0.717) is 5.82 Å². The van der Waals surface area contributed by atoms with E-state index in [1.54, 1.807) is 7.11 Å². The topological polar surface area (TPSA) is 50.3 Å². The highest BCUT2D eigenvalue weighted by atomic mass is 16.5. The third-order valence-corrected chi connectivity index (χ3v) is 5.83. The number of para-hydroxylation sites is 2. The standard InChI is InChI=1S/C26H26N4O/c1-31-21-14-12-20(13-15-21)25-28-23-10-4-3-9-22(23)26(29-25)27-16-18-30-17-6-8-19-7-2-5-11-24(19)30/h2-5,7,9-15H,6,8,16-18H2,1H3,(H,27,28,29). The Morgan fingerprint density at radius 3 is 2.61 bits per heavy atom. The smallest absolute Gasteiger partial charge is 0.162 e. The maximum Gasteiger partial charge on any atom is 0.162 e. The van der Waals surface area contributed by atoms with Crippen molar-refractivity contribution in [1.29, 1.82) is 0 Å². The summed E-state index contributed by atoms with van der Waals surface area (Å²) in [6, 6.07) is 24.8. The van der Waals surface area contributed by atoms with E-state index in [2.05, 4.69) is 40.5 Å². The van der Waals surface area contributed by atoms with E-state index in [1.165, 1.54) is 24.1 Å². The molecule has 1 aliphatic rings. The average Bonchev–Trinajstić information content (AvgIpc) is 2.84. The van der Waals surface area contributed by atoms with Gasteiger partial charge in [-0.15, -0.1) is 0 Å². The molecule has 5 nitrogen and oxygen atoms in total. The molecule has 0 saturated heterocycles. The second-order valence-electron chi connectivity index (χ2n) is 7.79. The zero-order chi connectivity index (χ0) is 21.0. The average molecular weight is 411 g/mol. The highest BCUT2D eigenvalue weighted by Crippen LogP contribution is 2.28. The van der Waals surface area contributed by atoms with Crippen LogP contribution < -0.4 is 15.0 Å². The van der Waals surface area contributed by atoms with Crippen molar-refractivity contribution in [2.75, 3.05) is 37.0 Å². The largest absolute Gasteiger partial charge is 0.497 e. The number of rotatable bonds is 6. The van der Waals surface area contributed by atoms with Crippen LogP contribution in [0, 0.1) is 0 Å². The number of hydrogen-bond acceptors (Lipinski definition) is 5. The van der Waals surface area contributed by atoms with Gasteiger partial charge in [-0.25, -0.2) is 9.97 Å². The van der Waals surface area contributed by atoms with E-state index in [1.807, 2.05) is 42.5 Å². The Hall–Kier alpha value is -3.60. The van der Waals surface area contributed by atoms with E-state index >= 15 is 0 Å². The van der Waals surface area contributed by atoms with Gasteiger partial charge in [0.05, 0.1) is 12.6 Å². The van der Waals surface area contributed by atoms with Crippen LogP contribution in [0.1, 0.15) is 12.0 Å². The van der Waals surface area contributed by atoms with Gasteiger partial charge in [-0.2, -0.15) is 0 Å². The van der Waals surface area contributed by atoms with Gasteiger partial charge in [0.2, 0.25) is 0 Å². The Morgan fingerprint density at radius 2 is 1.74 bits per heavy atom. The maximum atomic E-state index is 5.28. The fraction of sp³-hybridized carbons (Fsp3) is 0.231. The van der Waals surface area contributed by atoms with Crippen molar-refractivity contribution in [3.05, 3.63) is 78.4 Å². The maximum absolute atomic E-state index is 5.28. The van der Waals surface area contributed by atoms with Gasteiger partial charge >= 0.3 is 0 Å². The summed E-state index contributed by atoms with van der Waals surface area (Å²) in [5, 5.41) is 4.62. The molecule has 2 heterocycles. The van der Waals surface area contributed by atoms with Crippen LogP contribution in [-0.2, 0) is 6.42 Å². The molecule has 1 N–H and O–H groups in total. The molecule has 0 amide bonds. The SMILES string of the molecule is COc1ccc(-c2nc(NCCN3CCCc4ccccc43)c3ccccc3n2)cc1. The highest BCUT2D eigenvalue weighted by Gasteiger charge is 2.16. The van der Waals surface area contributed by atoms with Crippen LogP contribution >= 0.6 is 0 Å². The normalized spacial score (nSPS) is 13.1. The molecule has 0 saturated carbocycles. The van der Waals surface area contributed by atoms with Crippen molar-refractivity contribution in [2.45, 2.75) is 12.8 Å². The van der Waals surface area contributed by atoms with Crippen LogP contribution in [0.15, 0.2) is 72.8 Å². The fourth-order valence-corrected chi connectivity index (χ4v) is 4.23. The van der Waals surface area contributed by atoms with Gasteiger partial charge in [0, 0.05) is 36.3 Å². The van der Waals surface area contributed by atoms with E-state index < -0.39 is 0 Å². The molecule has 0 radical (unpaired) electrons.